The SMILES string of the molecule is CCCCCCCC1=C(O)C(=O)c2c(oc3cc(OC)c(O)c(CCCCCCC)c23)C1=O. The summed E-state index contributed by atoms with van der Waals surface area (Å²) in [6.45, 7) is 4.28. The highest BCUT2D eigenvalue weighted by molar-refractivity contribution is 6.29. The van der Waals surface area contributed by atoms with Gasteiger partial charge >= 0.3 is 0 Å². The van der Waals surface area contributed by atoms with E-state index in [-0.39, 0.29) is 28.4 Å². The molecule has 0 atom stereocenters. The predicted molar refractivity (Wildman–Crippen MR) is 129 cm³/mol. The maximum Gasteiger partial charge on any atom is 0.232 e. The van der Waals surface area contributed by atoms with Gasteiger partial charge in [-0.1, -0.05) is 65.2 Å². The van der Waals surface area contributed by atoms with Gasteiger partial charge in [-0.3, -0.25) is 9.59 Å². The molecule has 6 heteroatoms. The van der Waals surface area contributed by atoms with Crippen molar-refractivity contribution < 1.29 is 29.0 Å². The smallest absolute Gasteiger partial charge is 0.232 e. The van der Waals surface area contributed by atoms with E-state index in [1.54, 1.807) is 0 Å². The van der Waals surface area contributed by atoms with Gasteiger partial charge in [-0.15, -0.1) is 0 Å². The van der Waals surface area contributed by atoms with Gasteiger partial charge in [0.05, 0.1) is 12.7 Å². The largest absolute Gasteiger partial charge is 0.504 e. The summed E-state index contributed by atoms with van der Waals surface area (Å²) in [5, 5.41) is 21.9. The molecule has 1 aromatic heterocycles. The van der Waals surface area contributed by atoms with Gasteiger partial charge in [0.1, 0.15) is 5.58 Å². The zero-order chi connectivity index (χ0) is 24.0. The number of methoxy groups -OCH3 is 1. The number of benzene rings is 1. The number of Topliss-reactive ketones (excluding diaryl/α,β-unsaturated/α-hetero) is 2. The molecule has 1 aliphatic carbocycles. The number of rotatable bonds is 13. The topological polar surface area (TPSA) is 97.0 Å². The molecule has 1 aliphatic rings. The van der Waals surface area contributed by atoms with E-state index in [2.05, 4.69) is 13.8 Å². The molecule has 0 saturated heterocycles. The van der Waals surface area contributed by atoms with Crippen LogP contribution in [0.3, 0.4) is 0 Å². The minimum Gasteiger partial charge on any atom is -0.504 e. The summed E-state index contributed by atoms with van der Waals surface area (Å²) in [4.78, 5) is 26.4. The molecule has 0 bridgehead atoms. The van der Waals surface area contributed by atoms with Crippen molar-refractivity contribution in [2.75, 3.05) is 7.11 Å². The van der Waals surface area contributed by atoms with Gasteiger partial charge in [0.15, 0.2) is 23.0 Å². The Bertz CT molecular complexity index is 1040. The fourth-order valence-corrected chi connectivity index (χ4v) is 4.62. The van der Waals surface area contributed by atoms with E-state index < -0.39 is 17.3 Å². The monoisotopic (exact) mass is 456 g/mol. The van der Waals surface area contributed by atoms with Crippen molar-refractivity contribution in [3.05, 3.63) is 34.3 Å². The summed E-state index contributed by atoms with van der Waals surface area (Å²) < 4.78 is 11.2. The number of phenols is 1. The lowest BCUT2D eigenvalue weighted by molar-refractivity contribution is 0.0912. The fraction of sp³-hybridized carbons (Fsp3) is 0.556. The number of aliphatic hydroxyl groups is 1. The van der Waals surface area contributed by atoms with E-state index in [1.165, 1.54) is 13.2 Å². The third-order valence-electron chi connectivity index (χ3n) is 6.51. The number of unbranched alkanes of at least 4 members (excludes halogenated alkanes) is 8. The molecule has 2 aromatic rings. The number of ether oxygens (including phenoxy) is 1. The Kier molecular flexibility index (Phi) is 8.59. The molecule has 1 heterocycles. The molecule has 3 rings (SSSR count). The van der Waals surface area contributed by atoms with Gasteiger partial charge in [0.2, 0.25) is 11.6 Å². The molecule has 0 radical (unpaired) electrons. The van der Waals surface area contributed by atoms with Crippen LogP contribution in [-0.4, -0.2) is 28.9 Å². The predicted octanol–water partition coefficient (Wildman–Crippen LogP) is 7.21. The molecular weight excluding hydrogens is 420 g/mol. The molecule has 33 heavy (non-hydrogen) atoms. The number of carbonyl (C=O) groups is 2. The maximum absolute atomic E-state index is 13.2. The van der Waals surface area contributed by atoms with Gasteiger partial charge in [-0.2, -0.15) is 0 Å². The summed E-state index contributed by atoms with van der Waals surface area (Å²) in [6.07, 6.45) is 11.0. The molecule has 2 N–H and O–H groups in total. The first-order valence-electron chi connectivity index (χ1n) is 12.3. The van der Waals surface area contributed by atoms with Crippen LogP contribution in [0.15, 0.2) is 21.8 Å². The number of ketones is 2. The molecule has 0 fully saturated rings. The van der Waals surface area contributed by atoms with Crippen molar-refractivity contribution in [2.24, 2.45) is 0 Å². The average Bonchev–Trinajstić information content (AvgIpc) is 3.19. The van der Waals surface area contributed by atoms with Crippen molar-refractivity contribution >= 4 is 22.5 Å². The van der Waals surface area contributed by atoms with Crippen LogP contribution in [0.5, 0.6) is 11.5 Å². The van der Waals surface area contributed by atoms with E-state index in [4.69, 9.17) is 9.15 Å². The number of phenolic OH excluding ortho intramolecular Hbond substituents is 1. The Balaban J connectivity index is 1.97. The fourth-order valence-electron chi connectivity index (χ4n) is 4.62. The minimum absolute atomic E-state index is 0.0451. The number of carbonyl (C=O) groups excluding carboxylic acids is 2. The van der Waals surface area contributed by atoms with E-state index in [9.17, 15) is 19.8 Å². The summed E-state index contributed by atoms with van der Waals surface area (Å²) in [5.74, 6) is -1.39. The molecule has 0 saturated carbocycles. The molecule has 0 unspecified atom stereocenters. The summed E-state index contributed by atoms with van der Waals surface area (Å²) in [6, 6.07) is 1.51. The van der Waals surface area contributed by atoms with Gasteiger partial charge in [-0.05, 0) is 25.7 Å². The lowest BCUT2D eigenvalue weighted by Crippen LogP contribution is -2.21. The highest BCUT2D eigenvalue weighted by Gasteiger charge is 2.38. The van der Waals surface area contributed by atoms with Gasteiger partial charge in [0, 0.05) is 22.6 Å². The Morgan fingerprint density at radius 3 is 2.06 bits per heavy atom. The number of hydrogen-bond donors (Lipinski definition) is 2. The standard InChI is InChI=1S/C27H36O6/c1-4-6-8-10-12-14-17-21-19(16-20(32-3)23(17)28)33-27-22(21)26(31)24(29)18(25(27)30)15-13-11-9-7-5-2/h16,28-29H,4-15H2,1-3H3. The quantitative estimate of drug-likeness (QED) is 0.309. The third kappa shape index (κ3) is 5.10. The third-order valence-corrected chi connectivity index (χ3v) is 6.51. The Hall–Kier alpha value is -2.76. The lowest BCUT2D eigenvalue weighted by Gasteiger charge is -2.15. The number of hydrogen-bond acceptors (Lipinski definition) is 6. The number of allylic oxidation sites excluding steroid dienone is 2. The van der Waals surface area contributed by atoms with Crippen molar-refractivity contribution in [3.63, 3.8) is 0 Å². The van der Waals surface area contributed by atoms with Gasteiger partial charge in [-0.25, -0.2) is 0 Å². The number of aryl methyl sites for hydroxylation is 1. The first-order chi connectivity index (χ1) is 16.0. The van der Waals surface area contributed by atoms with Crippen molar-refractivity contribution in [1.82, 2.24) is 0 Å². The number of aromatic hydroxyl groups is 1. The van der Waals surface area contributed by atoms with Crippen LogP contribution in [0.1, 0.15) is 111 Å². The normalized spacial score (nSPS) is 13.8. The average molecular weight is 457 g/mol. The highest BCUT2D eigenvalue weighted by atomic mass is 16.5. The van der Waals surface area contributed by atoms with Crippen LogP contribution in [0.25, 0.3) is 11.0 Å². The summed E-state index contributed by atoms with van der Waals surface area (Å²) >= 11 is 0. The van der Waals surface area contributed by atoms with Crippen molar-refractivity contribution in [2.45, 2.75) is 90.9 Å². The molecule has 0 aliphatic heterocycles. The number of furan rings is 1. The van der Waals surface area contributed by atoms with Crippen LogP contribution < -0.4 is 4.74 Å². The zero-order valence-electron chi connectivity index (χ0n) is 20.1. The minimum atomic E-state index is -0.608. The van der Waals surface area contributed by atoms with Crippen LogP contribution in [-0.2, 0) is 6.42 Å². The van der Waals surface area contributed by atoms with Crippen LogP contribution in [0, 0.1) is 0 Å². The first kappa shape index (κ1) is 24.9. The van der Waals surface area contributed by atoms with Crippen LogP contribution in [0.2, 0.25) is 0 Å². The Labute approximate surface area is 195 Å². The summed E-state index contributed by atoms with van der Waals surface area (Å²) in [5.41, 5.74) is 1.03. The van der Waals surface area contributed by atoms with Crippen molar-refractivity contribution in [3.8, 4) is 11.5 Å². The second kappa shape index (κ2) is 11.4. The van der Waals surface area contributed by atoms with E-state index in [1.807, 2.05) is 0 Å². The van der Waals surface area contributed by atoms with E-state index in [0.29, 0.717) is 29.4 Å². The molecule has 6 nitrogen and oxygen atoms in total. The Morgan fingerprint density at radius 2 is 1.45 bits per heavy atom. The van der Waals surface area contributed by atoms with Gasteiger partial charge in [0.25, 0.3) is 0 Å². The molecule has 0 amide bonds. The maximum atomic E-state index is 13.2. The Morgan fingerprint density at radius 1 is 0.848 bits per heavy atom. The second-order valence-corrected chi connectivity index (χ2v) is 8.90. The molecule has 0 spiro atoms. The molecule has 1 aromatic carbocycles. The molecule has 180 valence electrons. The van der Waals surface area contributed by atoms with Gasteiger partial charge < -0.3 is 19.4 Å². The number of fused-ring (bicyclic) bond motifs is 3. The summed E-state index contributed by atoms with van der Waals surface area (Å²) in [7, 11) is 1.45. The molecular formula is C27H36O6. The van der Waals surface area contributed by atoms with E-state index >= 15 is 0 Å². The first-order valence-corrected chi connectivity index (χ1v) is 12.3. The van der Waals surface area contributed by atoms with Crippen LogP contribution >= 0.6 is 0 Å². The zero-order valence-corrected chi connectivity index (χ0v) is 20.1. The second-order valence-electron chi connectivity index (χ2n) is 8.90. The van der Waals surface area contributed by atoms with Crippen LogP contribution in [0.4, 0.5) is 0 Å². The number of aliphatic hydroxyl groups excluding tert-OH is 1. The lowest BCUT2D eigenvalue weighted by atomic mass is 9.87. The van der Waals surface area contributed by atoms with E-state index in [0.717, 1.165) is 64.2 Å². The van der Waals surface area contributed by atoms with Crippen molar-refractivity contribution in [1.29, 1.82) is 0 Å². The highest BCUT2D eigenvalue weighted by Crippen LogP contribution is 2.44.